The molecule has 0 saturated carbocycles. The Bertz CT molecular complexity index is 485. The average molecular weight is 336 g/mol. The van der Waals surface area contributed by atoms with Gasteiger partial charge in [0, 0.05) is 11.0 Å². The van der Waals surface area contributed by atoms with Crippen LogP contribution in [0.15, 0.2) is 16.6 Å². The summed E-state index contributed by atoms with van der Waals surface area (Å²) in [7, 11) is 0. The Hall–Kier alpha value is -1.50. The molecule has 19 heavy (non-hydrogen) atoms. The van der Waals surface area contributed by atoms with E-state index in [0.29, 0.717) is 6.42 Å². The normalized spacial score (nSPS) is 10.3. The lowest BCUT2D eigenvalue weighted by molar-refractivity contribution is -0.137. The second-order valence-corrected chi connectivity index (χ2v) is 4.78. The van der Waals surface area contributed by atoms with Gasteiger partial charge in [0.1, 0.15) is 23.7 Å². The molecule has 0 saturated heterocycles. The molecule has 1 rings (SSSR count). The van der Waals surface area contributed by atoms with E-state index in [9.17, 15) is 18.4 Å². The molecule has 0 bridgehead atoms. The Morgan fingerprint density at radius 1 is 1.32 bits per heavy atom. The maximum atomic E-state index is 13.6. The number of hydrogen-bond acceptors (Lipinski definition) is 2. The standard InChI is InChI=1S/C12H12BrF2NO3/c1-2-3-16(6-10(17)18)12(19)11-8(14)4-7(13)5-9(11)15/h4-5H,2-3,6H2,1H3,(H,17,18). The van der Waals surface area contributed by atoms with Gasteiger partial charge in [-0.25, -0.2) is 8.78 Å². The van der Waals surface area contributed by atoms with Crippen LogP contribution >= 0.6 is 15.9 Å². The number of aliphatic carboxylic acids is 1. The number of hydrogen-bond donors (Lipinski definition) is 1. The first-order valence-electron chi connectivity index (χ1n) is 5.52. The average Bonchev–Trinajstić information content (AvgIpc) is 2.26. The van der Waals surface area contributed by atoms with Crippen molar-refractivity contribution in [2.45, 2.75) is 13.3 Å². The van der Waals surface area contributed by atoms with E-state index in [1.54, 1.807) is 6.92 Å². The Balaban J connectivity index is 3.12. The van der Waals surface area contributed by atoms with Crippen LogP contribution in [0.2, 0.25) is 0 Å². The summed E-state index contributed by atoms with van der Waals surface area (Å²) in [5.74, 6) is -4.25. The Morgan fingerprint density at radius 3 is 2.26 bits per heavy atom. The Morgan fingerprint density at radius 2 is 1.84 bits per heavy atom. The third-order valence-electron chi connectivity index (χ3n) is 2.33. The van der Waals surface area contributed by atoms with Crippen LogP contribution in [0.3, 0.4) is 0 Å². The van der Waals surface area contributed by atoms with Gasteiger partial charge in [-0.2, -0.15) is 0 Å². The molecule has 0 unspecified atom stereocenters. The number of benzene rings is 1. The Kier molecular flexibility index (Phi) is 5.41. The van der Waals surface area contributed by atoms with Gasteiger partial charge in [0.25, 0.3) is 5.91 Å². The second kappa shape index (κ2) is 6.60. The molecule has 1 aromatic carbocycles. The summed E-state index contributed by atoms with van der Waals surface area (Å²) < 4.78 is 27.4. The first kappa shape index (κ1) is 15.6. The summed E-state index contributed by atoms with van der Waals surface area (Å²) in [5.41, 5.74) is -0.738. The highest BCUT2D eigenvalue weighted by molar-refractivity contribution is 9.10. The molecule has 104 valence electrons. The highest BCUT2D eigenvalue weighted by Crippen LogP contribution is 2.21. The van der Waals surface area contributed by atoms with E-state index in [-0.39, 0.29) is 11.0 Å². The van der Waals surface area contributed by atoms with Crippen molar-refractivity contribution in [3.63, 3.8) is 0 Å². The third-order valence-corrected chi connectivity index (χ3v) is 2.79. The van der Waals surface area contributed by atoms with E-state index in [0.717, 1.165) is 17.0 Å². The molecule has 0 fully saturated rings. The van der Waals surface area contributed by atoms with Crippen molar-refractivity contribution >= 4 is 27.8 Å². The summed E-state index contributed by atoms with van der Waals surface area (Å²) in [6, 6.07) is 1.92. The van der Waals surface area contributed by atoms with Crippen molar-refractivity contribution in [1.82, 2.24) is 4.90 Å². The largest absolute Gasteiger partial charge is 0.480 e. The maximum absolute atomic E-state index is 13.6. The quantitative estimate of drug-likeness (QED) is 0.899. The number of nitrogens with zero attached hydrogens (tertiary/aromatic N) is 1. The zero-order chi connectivity index (χ0) is 14.6. The molecule has 1 aromatic rings. The number of carboxylic acids is 1. The zero-order valence-corrected chi connectivity index (χ0v) is 11.7. The van der Waals surface area contributed by atoms with Crippen molar-refractivity contribution in [3.8, 4) is 0 Å². The molecule has 1 N–H and O–H groups in total. The minimum absolute atomic E-state index is 0.111. The van der Waals surface area contributed by atoms with Gasteiger partial charge in [-0.05, 0) is 18.6 Å². The predicted molar refractivity (Wildman–Crippen MR) is 67.9 cm³/mol. The number of carboxylic acid groups (broad SMARTS) is 1. The van der Waals surface area contributed by atoms with Crippen LogP contribution in [-0.4, -0.2) is 35.0 Å². The van der Waals surface area contributed by atoms with E-state index in [1.165, 1.54) is 0 Å². The molecular weight excluding hydrogens is 324 g/mol. The summed E-state index contributed by atoms with van der Waals surface area (Å²) in [4.78, 5) is 23.5. The molecule has 0 aliphatic rings. The van der Waals surface area contributed by atoms with Gasteiger partial charge in [-0.1, -0.05) is 22.9 Å². The minimum atomic E-state index is -1.24. The van der Waals surface area contributed by atoms with Gasteiger partial charge in [0.05, 0.1) is 0 Å². The fourth-order valence-electron chi connectivity index (χ4n) is 1.59. The topological polar surface area (TPSA) is 57.6 Å². The number of rotatable bonds is 5. The summed E-state index contributed by atoms with van der Waals surface area (Å²) >= 11 is 2.91. The monoisotopic (exact) mass is 335 g/mol. The highest BCUT2D eigenvalue weighted by atomic mass is 79.9. The van der Waals surface area contributed by atoms with Crippen LogP contribution in [0.5, 0.6) is 0 Å². The molecule has 0 atom stereocenters. The molecular formula is C12H12BrF2NO3. The molecule has 0 radical (unpaired) electrons. The molecule has 7 heteroatoms. The van der Waals surface area contributed by atoms with Gasteiger partial charge in [-0.15, -0.1) is 0 Å². The van der Waals surface area contributed by atoms with Crippen molar-refractivity contribution in [2.24, 2.45) is 0 Å². The summed E-state index contributed by atoms with van der Waals surface area (Å²) in [5, 5.41) is 8.70. The van der Waals surface area contributed by atoms with Crippen molar-refractivity contribution in [2.75, 3.05) is 13.1 Å². The molecule has 0 spiro atoms. The molecule has 0 aliphatic heterocycles. The molecule has 0 heterocycles. The number of carbonyl (C=O) groups excluding carboxylic acids is 1. The van der Waals surface area contributed by atoms with Crippen LogP contribution < -0.4 is 0 Å². The first-order valence-corrected chi connectivity index (χ1v) is 6.31. The van der Waals surface area contributed by atoms with Crippen LogP contribution in [-0.2, 0) is 4.79 Å². The summed E-state index contributed by atoms with van der Waals surface area (Å²) in [6.07, 6.45) is 0.485. The van der Waals surface area contributed by atoms with Crippen LogP contribution in [0, 0.1) is 11.6 Å². The second-order valence-electron chi connectivity index (χ2n) is 3.86. The van der Waals surface area contributed by atoms with E-state index >= 15 is 0 Å². The fraction of sp³-hybridized carbons (Fsp3) is 0.333. The van der Waals surface area contributed by atoms with Gasteiger partial charge in [0.15, 0.2) is 0 Å². The van der Waals surface area contributed by atoms with Crippen molar-refractivity contribution in [3.05, 3.63) is 33.8 Å². The molecule has 0 aliphatic carbocycles. The number of amides is 1. The van der Waals surface area contributed by atoms with Crippen molar-refractivity contribution in [1.29, 1.82) is 0 Å². The maximum Gasteiger partial charge on any atom is 0.323 e. The molecule has 1 amide bonds. The van der Waals surface area contributed by atoms with Gasteiger partial charge in [-0.3, -0.25) is 9.59 Å². The van der Waals surface area contributed by atoms with Gasteiger partial charge < -0.3 is 10.0 Å². The first-order chi connectivity index (χ1) is 8.86. The smallest absolute Gasteiger partial charge is 0.323 e. The predicted octanol–water partition coefficient (Wildman–Crippen LogP) is 2.66. The van der Waals surface area contributed by atoms with E-state index in [4.69, 9.17) is 5.11 Å². The van der Waals surface area contributed by atoms with Gasteiger partial charge in [0.2, 0.25) is 0 Å². The van der Waals surface area contributed by atoms with E-state index in [1.807, 2.05) is 0 Å². The van der Waals surface area contributed by atoms with E-state index < -0.39 is 35.6 Å². The van der Waals surface area contributed by atoms with Crippen LogP contribution in [0.25, 0.3) is 0 Å². The lowest BCUT2D eigenvalue weighted by atomic mass is 10.1. The summed E-state index contributed by atoms with van der Waals surface area (Å²) in [6.45, 7) is 1.25. The third kappa shape index (κ3) is 3.99. The molecule has 4 nitrogen and oxygen atoms in total. The lowest BCUT2D eigenvalue weighted by Crippen LogP contribution is -2.37. The number of halogens is 3. The zero-order valence-electron chi connectivity index (χ0n) is 10.1. The van der Waals surface area contributed by atoms with Crippen LogP contribution in [0.1, 0.15) is 23.7 Å². The van der Waals surface area contributed by atoms with E-state index in [2.05, 4.69) is 15.9 Å². The number of carbonyl (C=O) groups is 2. The molecule has 0 aromatic heterocycles. The minimum Gasteiger partial charge on any atom is -0.480 e. The Labute approximate surface area is 117 Å². The SMILES string of the molecule is CCCN(CC(=O)O)C(=O)c1c(F)cc(Br)cc1F. The van der Waals surface area contributed by atoms with Crippen molar-refractivity contribution < 1.29 is 23.5 Å². The van der Waals surface area contributed by atoms with Gasteiger partial charge >= 0.3 is 5.97 Å². The highest BCUT2D eigenvalue weighted by Gasteiger charge is 2.24. The lowest BCUT2D eigenvalue weighted by Gasteiger charge is -2.20. The van der Waals surface area contributed by atoms with Crippen LogP contribution in [0.4, 0.5) is 8.78 Å². The fourth-order valence-corrected chi connectivity index (χ4v) is 1.99.